The molecule has 0 aromatic carbocycles. The highest BCUT2D eigenvalue weighted by Gasteiger charge is 2.53. The molecule has 3 aliphatic carbocycles. The van der Waals surface area contributed by atoms with Crippen LogP contribution < -0.4 is 0 Å². The quantitative estimate of drug-likeness (QED) is 0.733. The number of carbonyl (C=O) groups is 2. The summed E-state index contributed by atoms with van der Waals surface area (Å²) in [7, 11) is 0. The summed E-state index contributed by atoms with van der Waals surface area (Å²) < 4.78 is 5.63. The Labute approximate surface area is 134 Å². The smallest absolute Gasteiger partial charge is 0.308 e. The highest BCUT2D eigenvalue weighted by atomic mass is 16.5. The van der Waals surface area contributed by atoms with Crippen molar-refractivity contribution in [2.24, 2.45) is 29.1 Å². The number of hydrogen-bond donors (Lipinski definition) is 0. The first-order valence-electron chi connectivity index (χ1n) is 9.21. The molecule has 4 atom stereocenters. The van der Waals surface area contributed by atoms with E-state index in [0.717, 1.165) is 32.1 Å². The number of ketones is 1. The molecule has 3 saturated carbocycles. The van der Waals surface area contributed by atoms with E-state index in [2.05, 4.69) is 6.92 Å². The maximum absolute atomic E-state index is 12.5. The minimum absolute atomic E-state index is 0.0289. The van der Waals surface area contributed by atoms with Crippen LogP contribution >= 0.6 is 0 Å². The average molecular weight is 306 g/mol. The van der Waals surface area contributed by atoms with Crippen LogP contribution in [0.5, 0.6) is 0 Å². The highest BCUT2D eigenvalue weighted by molar-refractivity contribution is 5.83. The van der Waals surface area contributed by atoms with Gasteiger partial charge >= 0.3 is 5.97 Å². The molecular formula is C19H30O3. The molecule has 0 heterocycles. The van der Waals surface area contributed by atoms with Crippen molar-refractivity contribution >= 4 is 11.8 Å². The maximum atomic E-state index is 12.5. The number of fused-ring (bicyclic) bond motifs is 1. The van der Waals surface area contributed by atoms with Gasteiger partial charge in [0.2, 0.25) is 0 Å². The van der Waals surface area contributed by atoms with Gasteiger partial charge in [0.25, 0.3) is 0 Å². The lowest BCUT2D eigenvalue weighted by molar-refractivity contribution is -0.154. The lowest BCUT2D eigenvalue weighted by atomic mass is 9.62. The van der Waals surface area contributed by atoms with Crippen LogP contribution in [0.4, 0.5) is 0 Å². The number of hydrogen-bond acceptors (Lipinski definition) is 3. The molecule has 0 saturated heterocycles. The summed E-state index contributed by atoms with van der Waals surface area (Å²) in [6.45, 7) is 4.87. The summed E-state index contributed by atoms with van der Waals surface area (Å²) in [5.74, 6) is 1.43. The summed E-state index contributed by atoms with van der Waals surface area (Å²) in [4.78, 5) is 24.7. The molecule has 0 spiro atoms. The zero-order valence-electron chi connectivity index (χ0n) is 14.1. The van der Waals surface area contributed by atoms with Crippen LogP contribution in [-0.4, -0.2) is 18.4 Å². The molecule has 3 heteroatoms. The van der Waals surface area contributed by atoms with Crippen LogP contribution in [0, 0.1) is 29.1 Å². The third kappa shape index (κ3) is 2.83. The van der Waals surface area contributed by atoms with E-state index in [0.29, 0.717) is 24.2 Å². The van der Waals surface area contributed by atoms with Gasteiger partial charge < -0.3 is 4.74 Å². The van der Waals surface area contributed by atoms with Crippen molar-refractivity contribution in [3.8, 4) is 0 Å². The van der Waals surface area contributed by atoms with Crippen LogP contribution in [-0.2, 0) is 14.3 Å². The van der Waals surface area contributed by atoms with Gasteiger partial charge in [0, 0.05) is 12.3 Å². The molecule has 3 fully saturated rings. The van der Waals surface area contributed by atoms with Gasteiger partial charge in [-0.05, 0) is 55.8 Å². The van der Waals surface area contributed by atoms with E-state index in [1.807, 2.05) is 6.92 Å². The molecule has 0 bridgehead atoms. The van der Waals surface area contributed by atoms with Crippen molar-refractivity contribution in [1.29, 1.82) is 0 Å². The molecular weight excluding hydrogens is 276 g/mol. The Morgan fingerprint density at radius 2 is 1.95 bits per heavy atom. The van der Waals surface area contributed by atoms with Crippen molar-refractivity contribution in [3.05, 3.63) is 0 Å². The van der Waals surface area contributed by atoms with Crippen LogP contribution in [0.1, 0.15) is 71.6 Å². The first kappa shape index (κ1) is 16.0. The van der Waals surface area contributed by atoms with Crippen molar-refractivity contribution in [1.82, 2.24) is 0 Å². The number of esters is 1. The third-order valence-electron chi connectivity index (χ3n) is 6.85. The molecule has 1 unspecified atom stereocenters. The molecule has 0 N–H and O–H groups in total. The van der Waals surface area contributed by atoms with E-state index in [1.165, 1.54) is 25.7 Å². The topological polar surface area (TPSA) is 43.4 Å². The summed E-state index contributed by atoms with van der Waals surface area (Å²) in [5, 5.41) is 0. The second-order valence-electron chi connectivity index (χ2n) is 8.13. The Morgan fingerprint density at radius 1 is 1.23 bits per heavy atom. The Kier molecular flexibility index (Phi) is 4.61. The zero-order chi connectivity index (χ0) is 15.7. The second-order valence-corrected chi connectivity index (χ2v) is 8.13. The molecule has 0 radical (unpaired) electrons. The highest BCUT2D eigenvalue weighted by Crippen LogP contribution is 2.56. The Morgan fingerprint density at radius 3 is 2.68 bits per heavy atom. The number of carbonyl (C=O) groups excluding carboxylic acids is 2. The number of ether oxygens (including phenoxy) is 1. The van der Waals surface area contributed by atoms with Gasteiger partial charge in [-0.1, -0.05) is 26.7 Å². The Balaban J connectivity index is 1.60. The third-order valence-corrected chi connectivity index (χ3v) is 6.85. The van der Waals surface area contributed by atoms with Gasteiger partial charge in [-0.3, -0.25) is 9.59 Å². The molecule has 3 nitrogen and oxygen atoms in total. The molecule has 0 aliphatic heterocycles. The molecule has 3 rings (SSSR count). The standard InChI is InChI=1S/C19H30O3/c1-13(18(21)22-12-14-6-3-4-7-14)15-9-10-16-17(20)8-5-11-19(15,16)2/h13-16H,3-12H2,1-2H3/t13?,15-,16+,19-/m1/s1. The molecule has 22 heavy (non-hydrogen) atoms. The van der Waals surface area contributed by atoms with Gasteiger partial charge in [-0.25, -0.2) is 0 Å². The van der Waals surface area contributed by atoms with Crippen molar-refractivity contribution in [2.45, 2.75) is 71.6 Å². The van der Waals surface area contributed by atoms with E-state index in [4.69, 9.17) is 4.74 Å². The maximum Gasteiger partial charge on any atom is 0.308 e. The van der Waals surface area contributed by atoms with Gasteiger partial charge in [0.05, 0.1) is 12.5 Å². The fourth-order valence-corrected chi connectivity index (χ4v) is 5.46. The summed E-state index contributed by atoms with van der Waals surface area (Å²) in [6.07, 6.45) is 9.78. The average Bonchev–Trinajstić information content (AvgIpc) is 3.11. The van der Waals surface area contributed by atoms with Gasteiger partial charge in [0.1, 0.15) is 5.78 Å². The molecule has 0 aromatic heterocycles. The van der Waals surface area contributed by atoms with Crippen LogP contribution in [0.25, 0.3) is 0 Å². The van der Waals surface area contributed by atoms with Crippen molar-refractivity contribution in [3.63, 3.8) is 0 Å². The van der Waals surface area contributed by atoms with Gasteiger partial charge in [-0.15, -0.1) is 0 Å². The molecule has 0 aromatic rings. The van der Waals surface area contributed by atoms with Crippen LogP contribution in [0.15, 0.2) is 0 Å². The first-order valence-corrected chi connectivity index (χ1v) is 9.21. The second kappa shape index (κ2) is 6.33. The Hall–Kier alpha value is -0.860. The zero-order valence-corrected chi connectivity index (χ0v) is 14.1. The Bertz CT molecular complexity index is 438. The first-order chi connectivity index (χ1) is 10.5. The summed E-state index contributed by atoms with van der Waals surface area (Å²) in [5.41, 5.74) is 0.0289. The van der Waals surface area contributed by atoms with Crippen LogP contribution in [0.3, 0.4) is 0 Å². The largest absolute Gasteiger partial charge is 0.465 e. The number of Topliss-reactive ketones (excluding diaryl/α,β-unsaturated/α-hetero) is 1. The van der Waals surface area contributed by atoms with Crippen molar-refractivity contribution < 1.29 is 14.3 Å². The minimum atomic E-state index is -0.0673. The molecule has 3 aliphatic rings. The predicted octanol–water partition coefficient (Wildman–Crippen LogP) is 4.14. The fraction of sp³-hybridized carbons (Fsp3) is 0.895. The van der Waals surface area contributed by atoms with Gasteiger partial charge in [-0.2, -0.15) is 0 Å². The van der Waals surface area contributed by atoms with E-state index in [1.54, 1.807) is 0 Å². The summed E-state index contributed by atoms with van der Waals surface area (Å²) in [6, 6.07) is 0. The van der Waals surface area contributed by atoms with E-state index >= 15 is 0 Å². The normalized spacial score (nSPS) is 37.1. The molecule has 0 amide bonds. The lowest BCUT2D eigenvalue weighted by Crippen LogP contribution is -2.41. The monoisotopic (exact) mass is 306 g/mol. The number of rotatable bonds is 4. The predicted molar refractivity (Wildman–Crippen MR) is 85.3 cm³/mol. The fourth-order valence-electron chi connectivity index (χ4n) is 5.46. The van der Waals surface area contributed by atoms with Crippen molar-refractivity contribution in [2.75, 3.05) is 6.61 Å². The van der Waals surface area contributed by atoms with E-state index in [9.17, 15) is 9.59 Å². The SMILES string of the molecule is CC(C(=O)OCC1CCCC1)[C@H]1CC[C@H]2C(=O)CCC[C@]12C. The minimum Gasteiger partial charge on any atom is -0.465 e. The van der Waals surface area contributed by atoms with E-state index < -0.39 is 0 Å². The summed E-state index contributed by atoms with van der Waals surface area (Å²) >= 11 is 0. The molecule has 124 valence electrons. The van der Waals surface area contributed by atoms with Gasteiger partial charge in [0.15, 0.2) is 0 Å². The lowest BCUT2D eigenvalue weighted by Gasteiger charge is -2.41. The van der Waals surface area contributed by atoms with Crippen LogP contribution in [0.2, 0.25) is 0 Å². The van der Waals surface area contributed by atoms with E-state index in [-0.39, 0.29) is 23.2 Å².